The van der Waals surface area contributed by atoms with Crippen LogP contribution in [0.2, 0.25) is 10.0 Å². The number of nitrogens with one attached hydrogen (secondary N) is 2. The fourth-order valence-electron chi connectivity index (χ4n) is 1.40. The van der Waals surface area contributed by atoms with Gasteiger partial charge in [-0.1, -0.05) is 29.3 Å². The van der Waals surface area contributed by atoms with Crippen molar-refractivity contribution >= 4 is 34.9 Å². The van der Waals surface area contributed by atoms with Crippen molar-refractivity contribution in [1.29, 1.82) is 0 Å². The molecule has 0 aliphatic rings. The Hall–Kier alpha value is -0.970. The van der Waals surface area contributed by atoms with Crippen molar-refractivity contribution < 1.29 is 9.90 Å². The number of aliphatic hydroxyl groups excluding tert-OH is 1. The summed E-state index contributed by atoms with van der Waals surface area (Å²) in [4.78, 5) is 11.8. The van der Waals surface area contributed by atoms with Gasteiger partial charge in [-0.3, -0.25) is 0 Å². The highest BCUT2D eigenvalue weighted by atomic mass is 35.5. The maximum atomic E-state index is 11.8. The smallest absolute Gasteiger partial charge is 0.319 e. The number of anilines is 1. The van der Waals surface area contributed by atoms with E-state index in [9.17, 15) is 4.79 Å². The summed E-state index contributed by atoms with van der Waals surface area (Å²) >= 11 is 11.8. The normalized spacial score (nSPS) is 11.2. The maximum absolute atomic E-state index is 11.8. The van der Waals surface area contributed by atoms with Gasteiger partial charge in [-0.2, -0.15) is 0 Å². The first-order chi connectivity index (χ1) is 8.35. The van der Waals surface area contributed by atoms with E-state index in [0.29, 0.717) is 22.2 Å². The molecule has 3 N–H and O–H groups in total. The lowest BCUT2D eigenvalue weighted by Crippen LogP contribution is -2.46. The molecule has 0 aromatic heterocycles. The second-order valence-corrected chi connectivity index (χ2v) is 5.32. The molecular formula is C12H16Cl2N2O2. The summed E-state index contributed by atoms with van der Waals surface area (Å²) in [6, 6.07) is 4.61. The van der Waals surface area contributed by atoms with Crippen molar-refractivity contribution in [3.63, 3.8) is 0 Å². The highest BCUT2D eigenvalue weighted by Gasteiger charge is 2.20. The lowest BCUT2D eigenvalue weighted by Gasteiger charge is -2.25. The van der Waals surface area contributed by atoms with Crippen LogP contribution in [0.5, 0.6) is 0 Å². The Bertz CT molecular complexity index is 436. The van der Waals surface area contributed by atoms with E-state index in [0.717, 1.165) is 0 Å². The average molecular weight is 291 g/mol. The molecule has 0 bridgehead atoms. The summed E-state index contributed by atoms with van der Waals surface area (Å²) in [7, 11) is 0. The zero-order chi connectivity index (χ0) is 13.8. The zero-order valence-electron chi connectivity index (χ0n) is 10.3. The quantitative estimate of drug-likeness (QED) is 0.797. The molecule has 0 spiro atoms. The summed E-state index contributed by atoms with van der Waals surface area (Å²) in [6.07, 6.45) is 0.462. The van der Waals surface area contributed by atoms with Gasteiger partial charge in [-0.25, -0.2) is 4.79 Å². The highest BCUT2D eigenvalue weighted by Crippen LogP contribution is 2.29. The molecule has 0 aliphatic heterocycles. The van der Waals surface area contributed by atoms with E-state index in [1.165, 1.54) is 0 Å². The van der Waals surface area contributed by atoms with E-state index in [-0.39, 0.29) is 6.61 Å². The van der Waals surface area contributed by atoms with Crippen LogP contribution in [0.1, 0.15) is 20.3 Å². The van der Waals surface area contributed by atoms with Crippen LogP contribution in [0.3, 0.4) is 0 Å². The fraction of sp³-hybridized carbons (Fsp3) is 0.417. The number of hydrogen-bond donors (Lipinski definition) is 3. The monoisotopic (exact) mass is 290 g/mol. The minimum absolute atomic E-state index is 0.00516. The minimum atomic E-state index is -0.496. The van der Waals surface area contributed by atoms with Crippen LogP contribution in [0.25, 0.3) is 0 Å². The van der Waals surface area contributed by atoms with Gasteiger partial charge in [-0.05, 0) is 32.4 Å². The highest BCUT2D eigenvalue weighted by molar-refractivity contribution is 6.43. The van der Waals surface area contributed by atoms with Crippen molar-refractivity contribution in [2.75, 3.05) is 11.9 Å². The van der Waals surface area contributed by atoms with Gasteiger partial charge in [-0.15, -0.1) is 0 Å². The molecule has 0 unspecified atom stereocenters. The van der Waals surface area contributed by atoms with Crippen LogP contribution >= 0.6 is 23.2 Å². The molecule has 0 fully saturated rings. The van der Waals surface area contributed by atoms with Crippen LogP contribution in [0, 0.1) is 0 Å². The fourth-order valence-corrected chi connectivity index (χ4v) is 1.75. The number of benzene rings is 1. The standard InChI is InChI=1S/C12H16Cl2N2O2/c1-12(2,6-7-17)16-11(18)15-9-5-3-4-8(13)10(9)14/h3-5,17H,6-7H2,1-2H3,(H2,15,16,18). The Kier molecular flexibility index (Phi) is 5.26. The molecule has 18 heavy (non-hydrogen) atoms. The van der Waals surface area contributed by atoms with Crippen LogP contribution in [-0.4, -0.2) is 23.3 Å². The van der Waals surface area contributed by atoms with E-state index in [4.69, 9.17) is 28.3 Å². The SMILES string of the molecule is CC(C)(CCO)NC(=O)Nc1cccc(Cl)c1Cl. The van der Waals surface area contributed by atoms with E-state index in [2.05, 4.69) is 10.6 Å². The van der Waals surface area contributed by atoms with Crippen LogP contribution < -0.4 is 10.6 Å². The number of aliphatic hydroxyl groups is 1. The van der Waals surface area contributed by atoms with E-state index >= 15 is 0 Å². The summed E-state index contributed by atoms with van der Waals surface area (Å²) in [5, 5.41) is 14.9. The van der Waals surface area contributed by atoms with Gasteiger partial charge in [0.05, 0.1) is 15.7 Å². The maximum Gasteiger partial charge on any atom is 0.319 e. The molecule has 0 heterocycles. The number of hydrogen-bond acceptors (Lipinski definition) is 2. The lowest BCUT2D eigenvalue weighted by molar-refractivity contribution is 0.218. The van der Waals surface area contributed by atoms with E-state index in [1.807, 2.05) is 13.8 Å². The lowest BCUT2D eigenvalue weighted by atomic mass is 10.0. The summed E-state index contributed by atoms with van der Waals surface area (Å²) < 4.78 is 0. The van der Waals surface area contributed by atoms with E-state index in [1.54, 1.807) is 18.2 Å². The Morgan fingerprint density at radius 1 is 1.39 bits per heavy atom. The average Bonchev–Trinajstić information content (AvgIpc) is 2.23. The molecule has 0 atom stereocenters. The summed E-state index contributed by atoms with van der Waals surface area (Å²) in [6.45, 7) is 3.65. The third-order valence-corrected chi connectivity index (χ3v) is 3.21. The van der Waals surface area contributed by atoms with Crippen molar-refractivity contribution in [3.8, 4) is 0 Å². The second kappa shape index (κ2) is 6.27. The van der Waals surface area contributed by atoms with Crippen molar-refractivity contribution in [2.45, 2.75) is 25.8 Å². The Labute approximate surface area is 116 Å². The van der Waals surface area contributed by atoms with Crippen molar-refractivity contribution in [2.24, 2.45) is 0 Å². The number of carbonyl (C=O) groups excluding carboxylic acids is 1. The van der Waals surface area contributed by atoms with Gasteiger partial charge in [0.25, 0.3) is 0 Å². The molecule has 4 nitrogen and oxygen atoms in total. The molecule has 1 aromatic rings. The molecule has 1 rings (SSSR count). The van der Waals surface area contributed by atoms with Crippen LogP contribution in [-0.2, 0) is 0 Å². The molecule has 1 aromatic carbocycles. The molecule has 0 aliphatic carbocycles. The number of amides is 2. The van der Waals surface area contributed by atoms with Gasteiger partial charge in [0.2, 0.25) is 0 Å². The van der Waals surface area contributed by atoms with E-state index < -0.39 is 11.6 Å². The van der Waals surface area contributed by atoms with Gasteiger partial charge in [0, 0.05) is 12.1 Å². The Morgan fingerprint density at radius 3 is 2.67 bits per heavy atom. The number of urea groups is 1. The first-order valence-corrected chi connectivity index (χ1v) is 6.25. The topological polar surface area (TPSA) is 61.4 Å². The largest absolute Gasteiger partial charge is 0.396 e. The molecule has 0 saturated heterocycles. The Balaban J connectivity index is 2.68. The zero-order valence-corrected chi connectivity index (χ0v) is 11.8. The first-order valence-electron chi connectivity index (χ1n) is 5.50. The summed E-state index contributed by atoms with van der Waals surface area (Å²) in [5.74, 6) is 0. The van der Waals surface area contributed by atoms with Gasteiger partial charge < -0.3 is 15.7 Å². The number of halogens is 2. The van der Waals surface area contributed by atoms with Gasteiger partial charge in [0.1, 0.15) is 0 Å². The van der Waals surface area contributed by atoms with Crippen LogP contribution in [0.15, 0.2) is 18.2 Å². The minimum Gasteiger partial charge on any atom is -0.396 e. The molecular weight excluding hydrogens is 275 g/mol. The third kappa shape index (κ3) is 4.37. The second-order valence-electron chi connectivity index (χ2n) is 4.54. The van der Waals surface area contributed by atoms with Crippen molar-refractivity contribution in [1.82, 2.24) is 5.32 Å². The molecule has 0 radical (unpaired) electrons. The predicted octanol–water partition coefficient (Wildman–Crippen LogP) is 3.28. The molecule has 0 saturated carbocycles. The molecule has 2 amide bonds. The van der Waals surface area contributed by atoms with Crippen molar-refractivity contribution in [3.05, 3.63) is 28.2 Å². The molecule has 6 heteroatoms. The summed E-state index contributed by atoms with van der Waals surface area (Å²) in [5.41, 5.74) is -0.0503. The van der Waals surface area contributed by atoms with Gasteiger partial charge in [0.15, 0.2) is 0 Å². The Morgan fingerprint density at radius 2 is 2.06 bits per heavy atom. The molecule has 100 valence electrons. The third-order valence-electron chi connectivity index (χ3n) is 2.39. The number of rotatable bonds is 4. The number of carbonyl (C=O) groups is 1. The van der Waals surface area contributed by atoms with Crippen LogP contribution in [0.4, 0.5) is 10.5 Å². The first kappa shape index (κ1) is 15.1. The predicted molar refractivity (Wildman–Crippen MR) is 74.4 cm³/mol. The van der Waals surface area contributed by atoms with Gasteiger partial charge >= 0.3 is 6.03 Å².